The first-order chi connectivity index (χ1) is 19.8. The Bertz CT molecular complexity index is 1280. The van der Waals surface area contributed by atoms with E-state index in [1.54, 1.807) is 0 Å². The standard InChI is InChI=1S/C33H41F3O6/c1-28-19-24(21-3-5-22(6-4-21)29(2)39-15-16-40-29)27-23(25(28)8-11-31(28,38)13-14-33(34,35)36)7-10-30(37)20-32(12-9-26(27)30)41-17-18-42-32/h3-6,13-14,23-25,37-38H,7-12,15-20H2,1-2H3. The summed E-state index contributed by atoms with van der Waals surface area (Å²) in [5, 5.41) is 24.1. The Morgan fingerprint density at radius 3 is 2.21 bits per heavy atom. The van der Waals surface area contributed by atoms with E-state index >= 15 is 0 Å². The highest BCUT2D eigenvalue weighted by atomic mass is 19.4. The second-order valence-corrected chi connectivity index (χ2v) is 13.8. The van der Waals surface area contributed by atoms with Crippen molar-refractivity contribution in [3.05, 3.63) is 58.7 Å². The van der Waals surface area contributed by atoms with Crippen LogP contribution in [0.1, 0.15) is 82.3 Å². The molecule has 0 radical (unpaired) electrons. The summed E-state index contributed by atoms with van der Waals surface area (Å²) in [6, 6.07) is 8.13. The van der Waals surface area contributed by atoms with Gasteiger partial charge in [-0.1, -0.05) is 36.8 Å². The lowest BCUT2D eigenvalue weighted by molar-refractivity contribution is -0.208. The van der Waals surface area contributed by atoms with Gasteiger partial charge in [0.05, 0.1) is 37.6 Å². The Hall–Kier alpha value is -1.75. The van der Waals surface area contributed by atoms with Crippen LogP contribution in [0.5, 0.6) is 0 Å². The number of alkyl halides is 3. The Kier molecular flexibility index (Phi) is 6.64. The molecule has 0 aromatic heterocycles. The Morgan fingerprint density at radius 2 is 1.55 bits per heavy atom. The van der Waals surface area contributed by atoms with Crippen LogP contribution in [0.4, 0.5) is 13.2 Å². The monoisotopic (exact) mass is 590 g/mol. The molecule has 3 saturated carbocycles. The first kappa shape index (κ1) is 29.0. The molecule has 4 aliphatic carbocycles. The molecule has 9 heteroatoms. The summed E-state index contributed by atoms with van der Waals surface area (Å²) in [6.45, 7) is 5.98. The second-order valence-electron chi connectivity index (χ2n) is 13.8. The number of benzene rings is 1. The van der Waals surface area contributed by atoms with E-state index in [9.17, 15) is 23.4 Å². The summed E-state index contributed by atoms with van der Waals surface area (Å²) in [5.41, 5.74) is 0.810. The fourth-order valence-electron chi connectivity index (χ4n) is 9.56. The lowest BCUT2D eigenvalue weighted by Gasteiger charge is -2.57. The summed E-state index contributed by atoms with van der Waals surface area (Å²) in [7, 11) is 0. The lowest BCUT2D eigenvalue weighted by atomic mass is 9.49. The molecule has 2 aliphatic heterocycles. The molecule has 6 unspecified atom stereocenters. The number of rotatable bonds is 3. The van der Waals surface area contributed by atoms with Crippen molar-refractivity contribution >= 4 is 0 Å². The van der Waals surface area contributed by atoms with Crippen molar-refractivity contribution in [3.8, 4) is 0 Å². The molecule has 2 N–H and O–H groups in total. The summed E-state index contributed by atoms with van der Waals surface area (Å²) < 4.78 is 63.7. The van der Waals surface area contributed by atoms with Gasteiger partial charge in [-0.15, -0.1) is 0 Å². The highest BCUT2D eigenvalue weighted by Gasteiger charge is 2.64. The minimum Gasteiger partial charge on any atom is -0.385 e. The lowest BCUT2D eigenvalue weighted by Crippen LogP contribution is -2.55. The zero-order valence-corrected chi connectivity index (χ0v) is 24.3. The molecule has 42 heavy (non-hydrogen) atoms. The van der Waals surface area contributed by atoms with Crippen molar-refractivity contribution in [1.29, 1.82) is 0 Å². The Morgan fingerprint density at radius 1 is 0.881 bits per heavy atom. The van der Waals surface area contributed by atoms with Crippen molar-refractivity contribution < 1.29 is 42.3 Å². The molecule has 6 atom stereocenters. The fourth-order valence-corrected chi connectivity index (χ4v) is 9.56. The number of allylic oxidation sites excluding steroid dienone is 2. The van der Waals surface area contributed by atoms with Gasteiger partial charge in [-0.25, -0.2) is 0 Å². The van der Waals surface area contributed by atoms with E-state index < -0.39 is 34.4 Å². The summed E-state index contributed by atoms with van der Waals surface area (Å²) in [6.07, 6.45) is 1.11. The summed E-state index contributed by atoms with van der Waals surface area (Å²) in [5.74, 6) is -1.65. The van der Waals surface area contributed by atoms with Crippen LogP contribution < -0.4 is 0 Å². The van der Waals surface area contributed by atoms with Gasteiger partial charge in [0.1, 0.15) is 0 Å². The van der Waals surface area contributed by atoms with Crippen molar-refractivity contribution in [1.82, 2.24) is 0 Å². The molecule has 6 aliphatic rings. The van der Waals surface area contributed by atoms with Gasteiger partial charge >= 0.3 is 6.18 Å². The van der Waals surface area contributed by atoms with Gasteiger partial charge in [-0.05, 0) is 74.5 Å². The van der Waals surface area contributed by atoms with Crippen LogP contribution in [0.3, 0.4) is 0 Å². The van der Waals surface area contributed by atoms with Gasteiger partial charge < -0.3 is 29.2 Å². The Balaban J connectivity index is 1.32. The van der Waals surface area contributed by atoms with Crippen LogP contribution in [-0.4, -0.2) is 59.8 Å². The molecule has 1 spiro atoms. The minimum absolute atomic E-state index is 0.0111. The molecule has 5 fully saturated rings. The SMILES string of the molecule is CC1(c2ccc(C3CC4(C)C(CCC4(O)C=CC(F)(F)F)C4CCC5(O)CC6(CCC5=C34)OCCO6)cc2)OCCO1. The molecule has 6 nitrogen and oxygen atoms in total. The van der Waals surface area contributed by atoms with Gasteiger partial charge in [0.2, 0.25) is 0 Å². The number of halogens is 3. The summed E-state index contributed by atoms with van der Waals surface area (Å²) in [4.78, 5) is 0. The van der Waals surface area contributed by atoms with E-state index in [1.807, 2.05) is 26.0 Å². The highest BCUT2D eigenvalue weighted by molar-refractivity contribution is 5.45. The molecule has 7 rings (SSSR count). The van der Waals surface area contributed by atoms with Gasteiger partial charge in [-0.2, -0.15) is 13.2 Å². The largest absolute Gasteiger partial charge is 0.409 e. The van der Waals surface area contributed by atoms with Crippen LogP contribution >= 0.6 is 0 Å². The van der Waals surface area contributed by atoms with Crippen LogP contribution in [0.15, 0.2) is 47.6 Å². The zero-order valence-electron chi connectivity index (χ0n) is 24.3. The highest BCUT2D eigenvalue weighted by Crippen LogP contribution is 2.68. The van der Waals surface area contributed by atoms with E-state index in [4.69, 9.17) is 18.9 Å². The van der Waals surface area contributed by atoms with Crippen LogP contribution in [0, 0.1) is 17.3 Å². The minimum atomic E-state index is -4.49. The number of fused-ring (bicyclic) bond motifs is 4. The quantitative estimate of drug-likeness (QED) is 0.419. The topological polar surface area (TPSA) is 77.4 Å². The van der Waals surface area contributed by atoms with Gasteiger partial charge in [0.25, 0.3) is 0 Å². The molecular formula is C33H41F3O6. The molecule has 0 bridgehead atoms. The Labute approximate surface area is 244 Å². The number of hydrogen-bond donors (Lipinski definition) is 2. The number of ether oxygens (including phenoxy) is 4. The fraction of sp³-hybridized carbons (Fsp3) is 0.697. The second kappa shape index (κ2) is 9.62. The van der Waals surface area contributed by atoms with E-state index in [0.29, 0.717) is 71.4 Å². The molecule has 0 amide bonds. The molecule has 230 valence electrons. The predicted octanol–water partition coefficient (Wildman–Crippen LogP) is 6.02. The predicted molar refractivity (Wildman–Crippen MR) is 147 cm³/mol. The first-order valence-electron chi connectivity index (χ1n) is 15.4. The van der Waals surface area contributed by atoms with E-state index in [2.05, 4.69) is 12.1 Å². The average Bonchev–Trinajstić information content (AvgIpc) is 3.65. The van der Waals surface area contributed by atoms with Gasteiger partial charge in [0, 0.05) is 35.8 Å². The molecule has 1 aromatic carbocycles. The smallest absolute Gasteiger partial charge is 0.385 e. The maximum absolute atomic E-state index is 13.3. The average molecular weight is 591 g/mol. The van der Waals surface area contributed by atoms with Gasteiger partial charge in [0.15, 0.2) is 11.6 Å². The third kappa shape index (κ3) is 4.45. The summed E-state index contributed by atoms with van der Waals surface area (Å²) >= 11 is 0. The third-order valence-electron chi connectivity index (χ3n) is 11.7. The maximum Gasteiger partial charge on any atom is 0.409 e. The van der Waals surface area contributed by atoms with E-state index in [-0.39, 0.29) is 30.3 Å². The van der Waals surface area contributed by atoms with Crippen molar-refractivity contribution in [2.75, 3.05) is 26.4 Å². The third-order valence-corrected chi connectivity index (χ3v) is 11.7. The molecular weight excluding hydrogens is 549 g/mol. The van der Waals surface area contributed by atoms with Crippen LogP contribution in [-0.2, 0) is 24.7 Å². The first-order valence-corrected chi connectivity index (χ1v) is 15.4. The van der Waals surface area contributed by atoms with Crippen LogP contribution in [0.2, 0.25) is 0 Å². The van der Waals surface area contributed by atoms with Crippen LogP contribution in [0.25, 0.3) is 0 Å². The molecule has 2 heterocycles. The maximum atomic E-state index is 13.3. The normalized spacial score (nSPS) is 40.9. The molecule has 1 aromatic rings. The van der Waals surface area contributed by atoms with Crippen molar-refractivity contribution in [2.45, 2.75) is 100 Å². The van der Waals surface area contributed by atoms with Crippen molar-refractivity contribution in [2.24, 2.45) is 17.3 Å². The van der Waals surface area contributed by atoms with E-state index in [0.717, 1.165) is 22.8 Å². The zero-order chi connectivity index (χ0) is 29.6. The van der Waals surface area contributed by atoms with Gasteiger partial charge in [-0.3, -0.25) is 0 Å². The van der Waals surface area contributed by atoms with E-state index in [1.165, 1.54) is 5.57 Å². The number of hydrogen-bond acceptors (Lipinski definition) is 6. The van der Waals surface area contributed by atoms with Crippen molar-refractivity contribution in [3.63, 3.8) is 0 Å². The number of aliphatic hydroxyl groups is 2. The molecule has 2 saturated heterocycles.